The van der Waals surface area contributed by atoms with Crippen LogP contribution < -0.4 is 14.8 Å². The summed E-state index contributed by atoms with van der Waals surface area (Å²) in [6.45, 7) is 4.19. The number of nitrogens with one attached hydrogen (secondary N) is 1. The molecule has 1 unspecified atom stereocenters. The van der Waals surface area contributed by atoms with Crippen LogP contribution in [0.1, 0.15) is 51.5 Å². The molecule has 34 heavy (non-hydrogen) atoms. The molecule has 6 nitrogen and oxygen atoms in total. The number of methoxy groups -OCH3 is 2. The van der Waals surface area contributed by atoms with Crippen LogP contribution in [-0.4, -0.2) is 43.4 Å². The number of rotatable bonds is 4. The number of amides is 1. The first-order valence-electron chi connectivity index (χ1n) is 12.3. The molecule has 2 N–H and O–H groups in total. The number of carbonyl (C=O) groups is 2. The number of halogens is 1. The first-order valence-corrected chi connectivity index (χ1v) is 12.3. The number of aliphatic carboxylic acids is 1. The lowest BCUT2D eigenvalue weighted by Crippen LogP contribution is -2.63. The van der Waals surface area contributed by atoms with E-state index in [1.807, 2.05) is 12.1 Å². The summed E-state index contributed by atoms with van der Waals surface area (Å²) in [5.41, 5.74) is 0.269. The molecule has 1 aromatic carbocycles. The number of benzene rings is 1. The molecule has 1 aliphatic heterocycles. The number of hydrogen-bond donors (Lipinski definition) is 2. The highest BCUT2D eigenvalue weighted by Gasteiger charge is 2.64. The van der Waals surface area contributed by atoms with Crippen LogP contribution in [0.15, 0.2) is 24.3 Å². The number of ether oxygens (including phenoxy) is 2. The zero-order chi connectivity index (χ0) is 24.4. The topological polar surface area (TPSA) is 84.9 Å². The Balaban J connectivity index is 1.59. The standard InChI is InChI=1S/C27H34FNO5/c1-26-11-10-16-23(15(26)8-9-17(26)25(31)32)18(28)12-21-27(16,2)13-14(24(30)29-21)22-19(33-3)6-5-7-20(22)34-4/h5-7,13,15-18,21,23H,8-12H2,1-4H3,(H,29,30)(H,31,32)/t15-,16-,17+,18?,21+,23-,26-,27+/m0/s1. The van der Waals surface area contributed by atoms with E-state index in [0.29, 0.717) is 29.1 Å². The highest BCUT2D eigenvalue weighted by atomic mass is 19.1. The van der Waals surface area contributed by atoms with E-state index in [9.17, 15) is 14.7 Å². The van der Waals surface area contributed by atoms with Gasteiger partial charge in [0.1, 0.15) is 17.7 Å². The number of carbonyl (C=O) groups excluding carboxylic acids is 1. The Labute approximate surface area is 199 Å². The van der Waals surface area contributed by atoms with E-state index >= 15 is 4.39 Å². The van der Waals surface area contributed by atoms with E-state index in [0.717, 1.165) is 19.3 Å². The third-order valence-electron chi connectivity index (χ3n) is 9.76. The number of fused-ring (bicyclic) bond motifs is 5. The van der Waals surface area contributed by atoms with Crippen LogP contribution in [-0.2, 0) is 9.59 Å². The second-order valence-electron chi connectivity index (χ2n) is 11.0. The molecule has 0 radical (unpaired) electrons. The van der Waals surface area contributed by atoms with Crippen molar-refractivity contribution in [1.82, 2.24) is 5.32 Å². The summed E-state index contributed by atoms with van der Waals surface area (Å²) >= 11 is 0. The van der Waals surface area contributed by atoms with E-state index in [-0.39, 0.29) is 41.5 Å². The van der Waals surface area contributed by atoms with Crippen LogP contribution in [0, 0.1) is 34.5 Å². The Bertz CT molecular complexity index is 1030. The lowest BCUT2D eigenvalue weighted by Gasteiger charge is -2.59. The Kier molecular flexibility index (Phi) is 5.45. The van der Waals surface area contributed by atoms with Gasteiger partial charge in [0.05, 0.1) is 31.3 Å². The van der Waals surface area contributed by atoms with Crippen LogP contribution in [0.4, 0.5) is 4.39 Å². The number of carboxylic acids is 1. The van der Waals surface area contributed by atoms with Crippen LogP contribution in [0.2, 0.25) is 0 Å². The molecule has 1 amide bonds. The monoisotopic (exact) mass is 471 g/mol. The molecular formula is C27H34FNO5. The van der Waals surface area contributed by atoms with E-state index in [2.05, 4.69) is 19.2 Å². The van der Waals surface area contributed by atoms with Crippen molar-refractivity contribution >= 4 is 17.4 Å². The van der Waals surface area contributed by atoms with Gasteiger partial charge in [0.25, 0.3) is 5.91 Å². The molecule has 5 rings (SSSR count). The summed E-state index contributed by atoms with van der Waals surface area (Å²) in [5, 5.41) is 12.9. The van der Waals surface area contributed by atoms with Gasteiger partial charge in [-0.05, 0) is 67.4 Å². The molecule has 0 spiro atoms. The van der Waals surface area contributed by atoms with Gasteiger partial charge in [-0.1, -0.05) is 26.0 Å². The van der Waals surface area contributed by atoms with Crippen LogP contribution in [0.5, 0.6) is 11.5 Å². The minimum Gasteiger partial charge on any atom is -0.496 e. The van der Waals surface area contributed by atoms with Crippen molar-refractivity contribution in [2.45, 2.75) is 58.2 Å². The Morgan fingerprint density at radius 1 is 1.12 bits per heavy atom. The van der Waals surface area contributed by atoms with E-state index in [1.165, 1.54) is 0 Å². The molecule has 3 fully saturated rings. The normalized spacial score (nSPS) is 40.9. The molecule has 8 atom stereocenters. The highest BCUT2D eigenvalue weighted by molar-refractivity contribution is 6.22. The maximum Gasteiger partial charge on any atom is 0.307 e. The minimum absolute atomic E-state index is 0.0168. The molecule has 3 aliphatic carbocycles. The summed E-state index contributed by atoms with van der Waals surface area (Å²) in [4.78, 5) is 25.2. The second-order valence-corrected chi connectivity index (χ2v) is 11.0. The number of carboxylic acid groups (broad SMARTS) is 1. The lowest BCUT2D eigenvalue weighted by atomic mass is 9.47. The van der Waals surface area contributed by atoms with Crippen molar-refractivity contribution in [3.05, 3.63) is 29.8 Å². The van der Waals surface area contributed by atoms with Crippen molar-refractivity contribution in [2.24, 2.45) is 34.5 Å². The Morgan fingerprint density at radius 2 is 1.79 bits per heavy atom. The van der Waals surface area contributed by atoms with E-state index in [4.69, 9.17) is 9.47 Å². The van der Waals surface area contributed by atoms with Gasteiger partial charge in [-0.25, -0.2) is 4.39 Å². The largest absolute Gasteiger partial charge is 0.496 e. The summed E-state index contributed by atoms with van der Waals surface area (Å²) in [7, 11) is 3.13. The second kappa shape index (κ2) is 7.99. The Hall–Kier alpha value is -2.57. The predicted molar refractivity (Wildman–Crippen MR) is 125 cm³/mol. The van der Waals surface area contributed by atoms with Gasteiger partial charge in [-0.15, -0.1) is 0 Å². The molecule has 184 valence electrons. The fraction of sp³-hybridized carbons (Fsp3) is 0.630. The Morgan fingerprint density at radius 3 is 2.41 bits per heavy atom. The molecule has 0 aromatic heterocycles. The zero-order valence-electron chi connectivity index (χ0n) is 20.3. The average Bonchev–Trinajstić information content (AvgIpc) is 3.16. The van der Waals surface area contributed by atoms with Crippen molar-refractivity contribution in [2.75, 3.05) is 14.2 Å². The molecule has 1 heterocycles. The van der Waals surface area contributed by atoms with Crippen LogP contribution in [0.3, 0.4) is 0 Å². The molecule has 3 saturated carbocycles. The number of alkyl halides is 1. The summed E-state index contributed by atoms with van der Waals surface area (Å²) < 4.78 is 27.0. The highest BCUT2D eigenvalue weighted by Crippen LogP contribution is 2.66. The predicted octanol–water partition coefficient (Wildman–Crippen LogP) is 4.48. The van der Waals surface area contributed by atoms with Gasteiger partial charge < -0.3 is 19.9 Å². The summed E-state index contributed by atoms with van der Waals surface area (Å²) in [5.74, 6) is -0.469. The first kappa shape index (κ1) is 23.2. The fourth-order valence-corrected chi connectivity index (χ4v) is 8.06. The average molecular weight is 472 g/mol. The molecule has 0 bridgehead atoms. The molecule has 0 saturated heterocycles. The van der Waals surface area contributed by atoms with Crippen molar-refractivity contribution in [3.63, 3.8) is 0 Å². The quantitative estimate of drug-likeness (QED) is 0.677. The smallest absolute Gasteiger partial charge is 0.307 e. The summed E-state index contributed by atoms with van der Waals surface area (Å²) in [6, 6.07) is 5.12. The molecule has 4 aliphatic rings. The third kappa shape index (κ3) is 3.11. The number of hydrogen-bond acceptors (Lipinski definition) is 4. The van der Waals surface area contributed by atoms with Crippen molar-refractivity contribution in [3.8, 4) is 11.5 Å². The zero-order valence-corrected chi connectivity index (χ0v) is 20.3. The van der Waals surface area contributed by atoms with Crippen LogP contribution >= 0.6 is 0 Å². The third-order valence-corrected chi connectivity index (χ3v) is 9.76. The van der Waals surface area contributed by atoms with Gasteiger partial charge >= 0.3 is 5.97 Å². The van der Waals surface area contributed by atoms with Gasteiger partial charge in [-0.2, -0.15) is 0 Å². The molecule has 7 heteroatoms. The van der Waals surface area contributed by atoms with Crippen LogP contribution in [0.25, 0.3) is 5.57 Å². The molecule has 1 aromatic rings. The van der Waals surface area contributed by atoms with Gasteiger partial charge in [0.15, 0.2) is 0 Å². The lowest BCUT2D eigenvalue weighted by molar-refractivity contribution is -0.152. The van der Waals surface area contributed by atoms with Gasteiger partial charge in [0.2, 0.25) is 0 Å². The summed E-state index contributed by atoms with van der Waals surface area (Å²) in [6.07, 6.45) is 4.10. The van der Waals surface area contributed by atoms with Crippen molar-refractivity contribution < 1.29 is 28.6 Å². The molecular weight excluding hydrogens is 437 g/mol. The first-order chi connectivity index (χ1) is 16.2. The van der Waals surface area contributed by atoms with Gasteiger partial charge in [-0.3, -0.25) is 9.59 Å². The minimum atomic E-state index is -1.06. The van der Waals surface area contributed by atoms with E-state index < -0.39 is 23.5 Å². The maximum atomic E-state index is 15.8. The maximum absolute atomic E-state index is 15.8. The SMILES string of the molecule is COc1cccc(OC)c1C1=C[C@@]2(C)[C@@H](CC(F)[C@@H]3[C@@H]2CC[C@]2(C)[C@@H](C(=O)O)CC[C@@H]32)NC1=O. The van der Waals surface area contributed by atoms with Gasteiger partial charge in [0, 0.05) is 11.5 Å². The fourth-order valence-electron chi connectivity index (χ4n) is 8.06. The van der Waals surface area contributed by atoms with Crippen molar-refractivity contribution in [1.29, 1.82) is 0 Å². The van der Waals surface area contributed by atoms with E-state index in [1.54, 1.807) is 26.4 Å².